The number of carbonyl (C=O) groups is 2. The second-order valence-electron chi connectivity index (χ2n) is 4.31. The molecule has 0 saturated carbocycles. The highest BCUT2D eigenvalue weighted by atomic mass is 17.2. The third kappa shape index (κ3) is 2.66. The molecule has 5 heteroatoms. The highest BCUT2D eigenvalue weighted by molar-refractivity contribution is 5.91. The summed E-state index contributed by atoms with van der Waals surface area (Å²) in [6.07, 6.45) is 0.995. The van der Waals surface area contributed by atoms with Gasteiger partial charge in [0.15, 0.2) is 11.9 Å². The zero-order valence-corrected chi connectivity index (χ0v) is 9.86. The maximum absolute atomic E-state index is 11.7. The molecule has 0 radical (unpaired) electrons. The molecule has 0 aliphatic carbocycles. The molecule has 1 aliphatic rings. The van der Waals surface area contributed by atoms with Crippen LogP contribution in [0.25, 0.3) is 0 Å². The molecule has 1 aliphatic heterocycles. The molecule has 0 aromatic heterocycles. The monoisotopic (exact) mass is 230 g/mol. The third-order valence-electron chi connectivity index (χ3n) is 2.73. The third-order valence-corrected chi connectivity index (χ3v) is 2.73. The van der Waals surface area contributed by atoms with Gasteiger partial charge in [0.25, 0.3) is 0 Å². The SMILES string of the molecule is CCCCC(=O)C1OOC(C)(O)C1C(C)=O. The van der Waals surface area contributed by atoms with Crippen LogP contribution >= 0.6 is 0 Å². The molecule has 0 aromatic rings. The van der Waals surface area contributed by atoms with Crippen molar-refractivity contribution in [1.82, 2.24) is 0 Å². The normalized spacial score (nSPS) is 34.0. The summed E-state index contributed by atoms with van der Waals surface area (Å²) in [5, 5.41) is 9.75. The fourth-order valence-corrected chi connectivity index (χ4v) is 1.86. The number of Topliss-reactive ketones (excluding diaryl/α,β-unsaturated/α-hetero) is 2. The van der Waals surface area contributed by atoms with Gasteiger partial charge < -0.3 is 5.11 Å². The van der Waals surface area contributed by atoms with Crippen LogP contribution in [0.3, 0.4) is 0 Å². The van der Waals surface area contributed by atoms with Gasteiger partial charge in [-0.15, -0.1) is 0 Å². The van der Waals surface area contributed by atoms with Gasteiger partial charge in [-0.25, -0.2) is 4.89 Å². The van der Waals surface area contributed by atoms with E-state index in [4.69, 9.17) is 4.89 Å². The van der Waals surface area contributed by atoms with E-state index in [0.717, 1.165) is 12.8 Å². The molecule has 0 spiro atoms. The van der Waals surface area contributed by atoms with Crippen molar-refractivity contribution in [1.29, 1.82) is 0 Å². The van der Waals surface area contributed by atoms with Gasteiger partial charge in [0.2, 0.25) is 5.79 Å². The maximum atomic E-state index is 11.7. The quantitative estimate of drug-likeness (QED) is 0.713. The van der Waals surface area contributed by atoms with E-state index in [-0.39, 0.29) is 11.6 Å². The zero-order valence-electron chi connectivity index (χ0n) is 9.86. The van der Waals surface area contributed by atoms with Gasteiger partial charge in [0.05, 0.1) is 0 Å². The van der Waals surface area contributed by atoms with Gasteiger partial charge in [-0.3, -0.25) is 9.59 Å². The van der Waals surface area contributed by atoms with Crippen molar-refractivity contribution in [2.45, 2.75) is 51.9 Å². The predicted molar refractivity (Wildman–Crippen MR) is 55.3 cm³/mol. The van der Waals surface area contributed by atoms with Crippen molar-refractivity contribution in [3.8, 4) is 0 Å². The predicted octanol–water partition coefficient (Wildman–Crippen LogP) is 0.990. The minimum Gasteiger partial charge on any atom is -0.363 e. The molecule has 1 saturated heterocycles. The van der Waals surface area contributed by atoms with Crippen LogP contribution in [0.5, 0.6) is 0 Å². The Bertz CT molecular complexity index is 284. The average molecular weight is 230 g/mol. The summed E-state index contributed by atoms with van der Waals surface area (Å²) in [5.74, 6) is -3.15. The average Bonchev–Trinajstić information content (AvgIpc) is 2.50. The largest absolute Gasteiger partial charge is 0.363 e. The lowest BCUT2D eigenvalue weighted by Crippen LogP contribution is -2.42. The van der Waals surface area contributed by atoms with E-state index in [1.807, 2.05) is 6.92 Å². The van der Waals surface area contributed by atoms with E-state index in [0.29, 0.717) is 6.42 Å². The lowest BCUT2D eigenvalue weighted by Gasteiger charge is -2.20. The van der Waals surface area contributed by atoms with Gasteiger partial charge in [0, 0.05) is 6.42 Å². The van der Waals surface area contributed by atoms with E-state index in [1.54, 1.807) is 0 Å². The van der Waals surface area contributed by atoms with Crippen LogP contribution < -0.4 is 0 Å². The molecule has 1 heterocycles. The minimum absolute atomic E-state index is 0.195. The van der Waals surface area contributed by atoms with E-state index < -0.39 is 17.8 Å². The topological polar surface area (TPSA) is 72.8 Å². The maximum Gasteiger partial charge on any atom is 0.209 e. The summed E-state index contributed by atoms with van der Waals surface area (Å²) in [5.41, 5.74) is 0. The van der Waals surface area contributed by atoms with Gasteiger partial charge in [-0.1, -0.05) is 13.3 Å². The summed E-state index contributed by atoms with van der Waals surface area (Å²) in [6, 6.07) is 0. The molecule has 1 N–H and O–H groups in total. The zero-order chi connectivity index (χ0) is 12.3. The van der Waals surface area contributed by atoms with Crippen LogP contribution in [0.15, 0.2) is 0 Å². The van der Waals surface area contributed by atoms with Crippen LogP contribution in [0, 0.1) is 5.92 Å². The second-order valence-corrected chi connectivity index (χ2v) is 4.31. The molecular formula is C11H18O5. The molecule has 16 heavy (non-hydrogen) atoms. The van der Waals surface area contributed by atoms with Crippen LogP contribution in [0.4, 0.5) is 0 Å². The van der Waals surface area contributed by atoms with E-state index in [9.17, 15) is 14.7 Å². The number of hydrogen-bond acceptors (Lipinski definition) is 5. The summed E-state index contributed by atoms with van der Waals surface area (Å²) in [7, 11) is 0. The second kappa shape index (κ2) is 5.03. The van der Waals surface area contributed by atoms with Gasteiger partial charge in [-0.2, -0.15) is 4.89 Å². The minimum atomic E-state index is -1.71. The number of aliphatic hydroxyl groups is 1. The van der Waals surface area contributed by atoms with Gasteiger partial charge in [-0.05, 0) is 20.3 Å². The summed E-state index contributed by atoms with van der Waals surface area (Å²) >= 11 is 0. The van der Waals surface area contributed by atoms with Gasteiger partial charge in [0.1, 0.15) is 11.7 Å². The summed E-state index contributed by atoms with van der Waals surface area (Å²) in [6.45, 7) is 4.61. The van der Waals surface area contributed by atoms with E-state index in [1.165, 1.54) is 13.8 Å². The van der Waals surface area contributed by atoms with Crippen LogP contribution in [-0.2, 0) is 19.4 Å². The smallest absolute Gasteiger partial charge is 0.209 e. The van der Waals surface area contributed by atoms with Crippen molar-refractivity contribution >= 4 is 11.6 Å². The van der Waals surface area contributed by atoms with E-state index in [2.05, 4.69) is 4.89 Å². The lowest BCUT2D eigenvalue weighted by atomic mass is 9.87. The first-order valence-corrected chi connectivity index (χ1v) is 5.50. The molecule has 1 fully saturated rings. The highest BCUT2D eigenvalue weighted by Gasteiger charge is 2.53. The number of hydrogen-bond donors (Lipinski definition) is 1. The van der Waals surface area contributed by atoms with Crippen molar-refractivity contribution in [3.63, 3.8) is 0 Å². The Morgan fingerprint density at radius 1 is 1.44 bits per heavy atom. The molecule has 0 aromatic carbocycles. The van der Waals surface area contributed by atoms with E-state index >= 15 is 0 Å². The Morgan fingerprint density at radius 2 is 2.06 bits per heavy atom. The van der Waals surface area contributed by atoms with Crippen molar-refractivity contribution in [2.24, 2.45) is 5.92 Å². The first-order chi connectivity index (χ1) is 7.40. The highest BCUT2D eigenvalue weighted by Crippen LogP contribution is 2.34. The molecule has 0 bridgehead atoms. The first kappa shape index (κ1) is 13.3. The van der Waals surface area contributed by atoms with Crippen LogP contribution in [-0.4, -0.2) is 28.6 Å². The van der Waals surface area contributed by atoms with Crippen LogP contribution in [0.1, 0.15) is 40.0 Å². The number of unbranched alkanes of at least 4 members (excludes halogenated alkanes) is 1. The Morgan fingerprint density at radius 3 is 2.56 bits per heavy atom. The molecule has 5 nitrogen and oxygen atoms in total. The molecule has 0 amide bonds. The number of rotatable bonds is 5. The fraction of sp³-hybridized carbons (Fsp3) is 0.818. The fourth-order valence-electron chi connectivity index (χ4n) is 1.86. The first-order valence-electron chi connectivity index (χ1n) is 5.50. The summed E-state index contributed by atoms with van der Waals surface area (Å²) in [4.78, 5) is 32.5. The number of carbonyl (C=O) groups excluding carboxylic acids is 2. The van der Waals surface area contributed by atoms with Crippen LogP contribution in [0.2, 0.25) is 0 Å². The van der Waals surface area contributed by atoms with Crippen molar-refractivity contribution in [2.75, 3.05) is 0 Å². The molecule has 1 rings (SSSR count). The van der Waals surface area contributed by atoms with Crippen molar-refractivity contribution < 1.29 is 24.5 Å². The van der Waals surface area contributed by atoms with Crippen molar-refractivity contribution in [3.05, 3.63) is 0 Å². The summed E-state index contributed by atoms with van der Waals surface area (Å²) < 4.78 is 0. The Kier molecular flexibility index (Phi) is 4.18. The number of ketones is 2. The molecule has 3 atom stereocenters. The molecular weight excluding hydrogens is 212 g/mol. The molecule has 92 valence electrons. The Hall–Kier alpha value is -0.780. The van der Waals surface area contributed by atoms with Gasteiger partial charge >= 0.3 is 0 Å². The lowest BCUT2D eigenvalue weighted by molar-refractivity contribution is -0.370. The standard InChI is InChI=1S/C11H18O5/c1-4-5-6-8(13)10-9(7(2)12)11(3,14)16-15-10/h9-10,14H,4-6H2,1-3H3. The Labute approximate surface area is 94.7 Å². The Balaban J connectivity index is 2.74. The molecule has 3 unspecified atom stereocenters.